The molecular weight excluding hydrogens is 308 g/mol. The summed E-state index contributed by atoms with van der Waals surface area (Å²) in [4.78, 5) is 8.79. The lowest BCUT2D eigenvalue weighted by Crippen LogP contribution is -2.17. The van der Waals surface area contributed by atoms with E-state index in [1.807, 2.05) is 30.7 Å². The number of methoxy groups -OCH3 is 2. The molecule has 0 fully saturated rings. The molecule has 1 atom stereocenters. The van der Waals surface area contributed by atoms with E-state index in [0.717, 1.165) is 30.7 Å². The third-order valence-corrected chi connectivity index (χ3v) is 4.41. The molecule has 0 N–H and O–H groups in total. The summed E-state index contributed by atoms with van der Waals surface area (Å²) in [6.07, 6.45) is 5.59. The van der Waals surface area contributed by atoms with E-state index in [9.17, 15) is 0 Å². The number of benzene rings is 1. The van der Waals surface area contributed by atoms with Crippen LogP contribution in [0.1, 0.15) is 23.9 Å². The summed E-state index contributed by atoms with van der Waals surface area (Å²) in [7, 11) is 3.23. The minimum absolute atomic E-state index is 0.222. The second-order valence-electron chi connectivity index (χ2n) is 5.79. The van der Waals surface area contributed by atoms with Crippen LogP contribution < -0.4 is 9.47 Å². The number of aryl methyl sites for hydroxylation is 1. The van der Waals surface area contributed by atoms with Crippen LogP contribution in [0.2, 0.25) is 0 Å². The molecule has 24 heavy (non-hydrogen) atoms. The zero-order valence-corrected chi connectivity index (χ0v) is 13.6. The van der Waals surface area contributed by atoms with Crippen LogP contribution >= 0.6 is 0 Å². The third kappa shape index (κ3) is 2.51. The van der Waals surface area contributed by atoms with Gasteiger partial charge in [0.05, 0.1) is 26.1 Å². The minimum atomic E-state index is 0.222. The lowest BCUT2D eigenvalue weighted by molar-refractivity contribution is 0.325. The highest BCUT2D eigenvalue weighted by Gasteiger charge is 2.26. The van der Waals surface area contributed by atoms with Crippen LogP contribution in [-0.2, 0) is 13.0 Å². The number of hydrogen-bond donors (Lipinski definition) is 0. The second kappa shape index (κ2) is 5.99. The number of nitrogens with zero attached hydrogens (tertiary/aromatic N) is 4. The molecule has 4 rings (SSSR count). The molecule has 0 bridgehead atoms. The largest absolute Gasteiger partial charge is 0.497 e. The van der Waals surface area contributed by atoms with Crippen molar-refractivity contribution in [2.45, 2.75) is 25.3 Å². The number of aromatic nitrogens is 4. The minimum Gasteiger partial charge on any atom is -0.497 e. The van der Waals surface area contributed by atoms with Gasteiger partial charge < -0.3 is 18.6 Å². The third-order valence-electron chi connectivity index (χ3n) is 4.41. The van der Waals surface area contributed by atoms with Crippen LogP contribution in [0.3, 0.4) is 0 Å². The SMILES string of the molecule is COc1ccc(-c2noc(C3CCn4cncc4C3)n2)c(OC)c1. The Labute approximate surface area is 139 Å². The van der Waals surface area contributed by atoms with Crippen LogP contribution in [-0.4, -0.2) is 33.9 Å². The van der Waals surface area contributed by atoms with Crippen LogP contribution in [0.25, 0.3) is 11.4 Å². The number of rotatable bonds is 4. The molecule has 7 nitrogen and oxygen atoms in total. The van der Waals surface area contributed by atoms with Crippen LogP contribution in [0.4, 0.5) is 0 Å². The monoisotopic (exact) mass is 326 g/mol. The van der Waals surface area contributed by atoms with Crippen molar-refractivity contribution in [3.63, 3.8) is 0 Å². The van der Waals surface area contributed by atoms with Gasteiger partial charge in [-0.05, 0) is 18.6 Å². The number of imidazole rings is 1. The average Bonchev–Trinajstić information content (AvgIpc) is 3.29. The smallest absolute Gasteiger partial charge is 0.230 e. The lowest BCUT2D eigenvalue weighted by Gasteiger charge is -2.20. The molecular formula is C17H18N4O3. The molecule has 0 saturated heterocycles. The molecule has 1 unspecified atom stereocenters. The maximum absolute atomic E-state index is 5.53. The average molecular weight is 326 g/mol. The Morgan fingerprint density at radius 3 is 3.00 bits per heavy atom. The molecule has 0 saturated carbocycles. The number of ether oxygens (including phenoxy) is 2. The predicted octanol–water partition coefficient (Wildman–Crippen LogP) is 2.68. The Kier molecular flexibility index (Phi) is 3.68. The van der Waals surface area contributed by atoms with Gasteiger partial charge in [0.15, 0.2) is 0 Å². The summed E-state index contributed by atoms with van der Waals surface area (Å²) in [5, 5.41) is 4.14. The van der Waals surface area contributed by atoms with E-state index >= 15 is 0 Å². The first-order valence-corrected chi connectivity index (χ1v) is 7.83. The Morgan fingerprint density at radius 1 is 1.25 bits per heavy atom. The fourth-order valence-electron chi connectivity index (χ4n) is 3.07. The van der Waals surface area contributed by atoms with Gasteiger partial charge >= 0.3 is 0 Å². The van der Waals surface area contributed by atoms with Gasteiger partial charge in [-0.1, -0.05) is 5.16 Å². The molecule has 0 radical (unpaired) electrons. The van der Waals surface area contributed by atoms with Crippen molar-refractivity contribution in [2.75, 3.05) is 14.2 Å². The van der Waals surface area contributed by atoms with E-state index in [1.165, 1.54) is 5.69 Å². The topological polar surface area (TPSA) is 75.2 Å². The normalized spacial score (nSPS) is 16.7. The predicted molar refractivity (Wildman–Crippen MR) is 86.1 cm³/mol. The maximum atomic E-state index is 5.53. The molecule has 7 heteroatoms. The van der Waals surface area contributed by atoms with E-state index < -0.39 is 0 Å². The molecule has 1 aliphatic heterocycles. The second-order valence-corrected chi connectivity index (χ2v) is 5.79. The lowest BCUT2D eigenvalue weighted by atomic mass is 9.96. The van der Waals surface area contributed by atoms with E-state index in [2.05, 4.69) is 19.7 Å². The van der Waals surface area contributed by atoms with Gasteiger partial charge in [-0.15, -0.1) is 0 Å². The Morgan fingerprint density at radius 2 is 2.17 bits per heavy atom. The fraction of sp³-hybridized carbons (Fsp3) is 0.353. The van der Waals surface area contributed by atoms with Gasteiger partial charge in [-0.2, -0.15) is 4.98 Å². The zero-order valence-electron chi connectivity index (χ0n) is 13.6. The first-order valence-electron chi connectivity index (χ1n) is 7.83. The van der Waals surface area contributed by atoms with Crippen molar-refractivity contribution in [2.24, 2.45) is 0 Å². The summed E-state index contributed by atoms with van der Waals surface area (Å²) in [6.45, 7) is 0.920. The van der Waals surface area contributed by atoms with E-state index in [-0.39, 0.29) is 5.92 Å². The molecule has 3 aromatic rings. The van der Waals surface area contributed by atoms with Gasteiger partial charge in [-0.25, -0.2) is 4.98 Å². The number of fused-ring (bicyclic) bond motifs is 1. The first-order chi connectivity index (χ1) is 11.8. The fourth-order valence-corrected chi connectivity index (χ4v) is 3.07. The Bertz CT molecular complexity index is 855. The highest BCUT2D eigenvalue weighted by Crippen LogP contribution is 2.34. The molecule has 2 aromatic heterocycles. The summed E-state index contributed by atoms with van der Waals surface area (Å²) >= 11 is 0. The standard InChI is InChI=1S/C17H18N4O3/c1-22-13-3-4-14(15(8-13)23-2)16-19-17(24-20-16)11-5-6-21-10-18-9-12(21)7-11/h3-4,8-11H,5-7H2,1-2H3. The highest BCUT2D eigenvalue weighted by atomic mass is 16.5. The Balaban J connectivity index is 1.62. The highest BCUT2D eigenvalue weighted by molar-refractivity contribution is 5.65. The molecule has 0 aliphatic carbocycles. The van der Waals surface area contributed by atoms with Crippen molar-refractivity contribution in [3.8, 4) is 22.9 Å². The zero-order chi connectivity index (χ0) is 16.5. The molecule has 3 heterocycles. The Hall–Kier alpha value is -2.83. The van der Waals surface area contributed by atoms with Crippen molar-refractivity contribution in [1.29, 1.82) is 0 Å². The summed E-state index contributed by atoms with van der Waals surface area (Å²) in [5.74, 6) is 2.79. The van der Waals surface area contributed by atoms with Gasteiger partial charge in [-0.3, -0.25) is 0 Å². The van der Waals surface area contributed by atoms with Crippen molar-refractivity contribution < 1.29 is 14.0 Å². The van der Waals surface area contributed by atoms with Crippen molar-refractivity contribution in [3.05, 3.63) is 42.3 Å². The summed E-state index contributed by atoms with van der Waals surface area (Å²) in [6, 6.07) is 5.54. The van der Waals surface area contributed by atoms with Gasteiger partial charge in [0.2, 0.25) is 11.7 Å². The van der Waals surface area contributed by atoms with E-state index in [1.54, 1.807) is 14.2 Å². The number of hydrogen-bond acceptors (Lipinski definition) is 6. The quantitative estimate of drug-likeness (QED) is 0.734. The van der Waals surface area contributed by atoms with Crippen molar-refractivity contribution >= 4 is 0 Å². The van der Waals surface area contributed by atoms with E-state index in [4.69, 9.17) is 14.0 Å². The van der Waals surface area contributed by atoms with Crippen molar-refractivity contribution in [1.82, 2.24) is 19.7 Å². The molecule has 124 valence electrons. The first kappa shape index (κ1) is 14.7. The molecule has 0 amide bonds. The summed E-state index contributed by atoms with van der Waals surface area (Å²) < 4.78 is 18.3. The van der Waals surface area contributed by atoms with Gasteiger partial charge in [0, 0.05) is 36.8 Å². The maximum Gasteiger partial charge on any atom is 0.230 e. The summed E-state index contributed by atoms with van der Waals surface area (Å²) in [5.41, 5.74) is 1.99. The molecule has 1 aromatic carbocycles. The van der Waals surface area contributed by atoms with E-state index in [0.29, 0.717) is 17.5 Å². The van der Waals surface area contributed by atoms with Crippen LogP contribution in [0.5, 0.6) is 11.5 Å². The van der Waals surface area contributed by atoms with Crippen LogP contribution in [0.15, 0.2) is 35.2 Å². The van der Waals surface area contributed by atoms with Crippen LogP contribution in [0, 0.1) is 0 Å². The molecule has 0 spiro atoms. The van der Waals surface area contributed by atoms with Gasteiger partial charge in [0.1, 0.15) is 11.5 Å². The molecule has 1 aliphatic rings. The van der Waals surface area contributed by atoms with Gasteiger partial charge in [0.25, 0.3) is 0 Å².